The van der Waals surface area contributed by atoms with Crippen LogP contribution in [0.2, 0.25) is 0 Å². The Morgan fingerprint density at radius 1 is 0.929 bits per heavy atom. The number of aromatic nitrogens is 2. The molecule has 0 aliphatic carbocycles. The summed E-state index contributed by atoms with van der Waals surface area (Å²) < 4.78 is 38.1. The van der Waals surface area contributed by atoms with Gasteiger partial charge < -0.3 is 10.6 Å². The van der Waals surface area contributed by atoms with E-state index in [9.17, 15) is 18.0 Å². The minimum atomic E-state index is -4.39. The van der Waals surface area contributed by atoms with E-state index in [-0.39, 0.29) is 5.91 Å². The number of carbonyl (C=O) groups excluding carboxylic acids is 1. The SMILES string of the molecule is C=CC(=O)Nc1ccc(-c2nccnc2Nc2ccc(C(F)(F)F)cc2)cc1. The molecule has 2 aromatic carbocycles. The third kappa shape index (κ3) is 4.53. The van der Waals surface area contributed by atoms with Crippen LogP contribution in [0.15, 0.2) is 73.6 Å². The van der Waals surface area contributed by atoms with Gasteiger partial charge in [-0.05, 0) is 42.5 Å². The van der Waals surface area contributed by atoms with Gasteiger partial charge in [0.1, 0.15) is 5.69 Å². The second kappa shape index (κ2) is 7.91. The van der Waals surface area contributed by atoms with Crippen LogP contribution in [0.3, 0.4) is 0 Å². The van der Waals surface area contributed by atoms with Crippen LogP contribution < -0.4 is 10.6 Å². The van der Waals surface area contributed by atoms with E-state index in [4.69, 9.17) is 0 Å². The van der Waals surface area contributed by atoms with E-state index in [1.54, 1.807) is 24.3 Å². The Balaban J connectivity index is 1.83. The quantitative estimate of drug-likeness (QED) is 0.606. The molecule has 0 radical (unpaired) electrons. The highest BCUT2D eigenvalue weighted by Crippen LogP contribution is 2.31. The molecule has 0 spiro atoms. The van der Waals surface area contributed by atoms with E-state index >= 15 is 0 Å². The fourth-order valence-electron chi connectivity index (χ4n) is 2.42. The summed E-state index contributed by atoms with van der Waals surface area (Å²) in [7, 11) is 0. The molecule has 142 valence electrons. The predicted molar refractivity (Wildman–Crippen MR) is 101 cm³/mol. The molecule has 1 aromatic heterocycles. The number of nitrogens with zero attached hydrogens (tertiary/aromatic N) is 2. The zero-order valence-corrected chi connectivity index (χ0v) is 14.5. The van der Waals surface area contributed by atoms with Crippen LogP contribution >= 0.6 is 0 Å². The number of carbonyl (C=O) groups is 1. The lowest BCUT2D eigenvalue weighted by Crippen LogP contribution is -2.07. The largest absolute Gasteiger partial charge is 0.416 e. The lowest BCUT2D eigenvalue weighted by Gasteiger charge is -2.12. The molecule has 0 bridgehead atoms. The van der Waals surface area contributed by atoms with Crippen LogP contribution in [0, 0.1) is 0 Å². The zero-order chi connectivity index (χ0) is 20.1. The van der Waals surface area contributed by atoms with Crippen molar-refractivity contribution in [2.45, 2.75) is 6.18 Å². The molecule has 0 atom stereocenters. The van der Waals surface area contributed by atoms with Crippen LogP contribution in [-0.2, 0) is 11.0 Å². The molecule has 0 saturated carbocycles. The van der Waals surface area contributed by atoms with Crippen LogP contribution in [0.5, 0.6) is 0 Å². The first kappa shape index (κ1) is 19.1. The highest BCUT2D eigenvalue weighted by atomic mass is 19.4. The third-order valence-corrected chi connectivity index (χ3v) is 3.78. The molecule has 3 rings (SSSR count). The predicted octanol–water partition coefficient (Wildman–Crippen LogP) is 5.03. The van der Waals surface area contributed by atoms with Crippen molar-refractivity contribution < 1.29 is 18.0 Å². The molecule has 28 heavy (non-hydrogen) atoms. The lowest BCUT2D eigenvalue weighted by molar-refractivity contribution is -0.137. The maximum absolute atomic E-state index is 12.7. The molecule has 5 nitrogen and oxygen atoms in total. The maximum atomic E-state index is 12.7. The number of nitrogens with one attached hydrogen (secondary N) is 2. The summed E-state index contributed by atoms with van der Waals surface area (Å²) in [5.74, 6) is 0.0713. The molecule has 2 N–H and O–H groups in total. The van der Waals surface area contributed by atoms with Gasteiger partial charge in [0, 0.05) is 29.3 Å². The molecule has 8 heteroatoms. The first-order valence-corrected chi connectivity index (χ1v) is 8.16. The Morgan fingerprint density at radius 2 is 1.54 bits per heavy atom. The van der Waals surface area contributed by atoms with E-state index < -0.39 is 11.7 Å². The van der Waals surface area contributed by atoms with Gasteiger partial charge in [0.25, 0.3) is 0 Å². The van der Waals surface area contributed by atoms with Gasteiger partial charge in [-0.2, -0.15) is 13.2 Å². The molecular formula is C20H15F3N4O. The number of anilines is 3. The topological polar surface area (TPSA) is 66.9 Å². The number of hydrogen-bond donors (Lipinski definition) is 2. The number of halogens is 3. The molecule has 0 fully saturated rings. The van der Waals surface area contributed by atoms with Crippen molar-refractivity contribution in [1.29, 1.82) is 0 Å². The number of benzene rings is 2. The summed E-state index contributed by atoms with van der Waals surface area (Å²) in [6.07, 6.45) is -0.225. The van der Waals surface area contributed by atoms with Crippen LogP contribution in [-0.4, -0.2) is 15.9 Å². The Bertz CT molecular complexity index is 984. The van der Waals surface area contributed by atoms with Crippen molar-refractivity contribution in [2.75, 3.05) is 10.6 Å². The van der Waals surface area contributed by atoms with Crippen molar-refractivity contribution >= 4 is 23.1 Å². The monoisotopic (exact) mass is 384 g/mol. The lowest BCUT2D eigenvalue weighted by atomic mass is 10.1. The summed E-state index contributed by atoms with van der Waals surface area (Å²) in [6.45, 7) is 3.39. The van der Waals surface area contributed by atoms with Gasteiger partial charge in [-0.25, -0.2) is 4.98 Å². The zero-order valence-electron chi connectivity index (χ0n) is 14.5. The molecule has 1 heterocycles. The van der Waals surface area contributed by atoms with E-state index in [0.717, 1.165) is 17.7 Å². The Morgan fingerprint density at radius 3 is 2.14 bits per heavy atom. The van der Waals surface area contributed by atoms with Crippen LogP contribution in [0.4, 0.5) is 30.4 Å². The normalized spacial score (nSPS) is 11.0. The van der Waals surface area contributed by atoms with Gasteiger partial charge in [0.2, 0.25) is 5.91 Å². The molecular weight excluding hydrogens is 369 g/mol. The van der Waals surface area contributed by atoms with E-state index in [2.05, 4.69) is 27.2 Å². The molecule has 1 amide bonds. The summed E-state index contributed by atoms with van der Waals surface area (Å²) >= 11 is 0. The smallest absolute Gasteiger partial charge is 0.338 e. The van der Waals surface area contributed by atoms with Crippen molar-refractivity contribution in [3.8, 4) is 11.3 Å². The fourth-order valence-corrected chi connectivity index (χ4v) is 2.42. The minimum absolute atomic E-state index is 0.322. The van der Waals surface area contributed by atoms with Crippen molar-refractivity contribution in [2.24, 2.45) is 0 Å². The summed E-state index contributed by atoms with van der Waals surface area (Å²) in [6, 6.07) is 11.6. The Kier molecular flexibility index (Phi) is 5.39. The first-order valence-electron chi connectivity index (χ1n) is 8.16. The van der Waals surface area contributed by atoms with Gasteiger partial charge in [-0.15, -0.1) is 0 Å². The van der Waals surface area contributed by atoms with E-state index in [1.165, 1.54) is 30.6 Å². The van der Waals surface area contributed by atoms with Gasteiger partial charge in [-0.3, -0.25) is 9.78 Å². The number of alkyl halides is 3. The first-order chi connectivity index (χ1) is 13.4. The van der Waals surface area contributed by atoms with Gasteiger partial charge in [0.15, 0.2) is 5.82 Å². The summed E-state index contributed by atoms with van der Waals surface area (Å²) in [5, 5.41) is 5.62. The molecule has 3 aromatic rings. The molecule has 0 aliphatic rings. The molecule has 0 aliphatic heterocycles. The van der Waals surface area contributed by atoms with Gasteiger partial charge in [0.05, 0.1) is 5.56 Å². The molecule has 0 unspecified atom stereocenters. The number of hydrogen-bond acceptors (Lipinski definition) is 4. The second-order valence-corrected chi connectivity index (χ2v) is 5.72. The summed E-state index contributed by atoms with van der Waals surface area (Å²) in [5.41, 5.74) is 1.55. The Labute approximate surface area is 159 Å². The average Bonchev–Trinajstić information content (AvgIpc) is 2.69. The van der Waals surface area contributed by atoms with Crippen molar-refractivity contribution in [1.82, 2.24) is 9.97 Å². The number of rotatable bonds is 5. The minimum Gasteiger partial charge on any atom is -0.338 e. The highest BCUT2D eigenvalue weighted by molar-refractivity contribution is 5.99. The Hall–Kier alpha value is -3.68. The average molecular weight is 384 g/mol. The van der Waals surface area contributed by atoms with Crippen LogP contribution in [0.25, 0.3) is 11.3 Å². The van der Waals surface area contributed by atoms with Gasteiger partial charge in [-0.1, -0.05) is 18.7 Å². The standard InChI is InChI=1S/C20H15F3N4O/c1-2-17(28)26-15-7-3-13(4-8-15)18-19(25-12-11-24-18)27-16-9-5-14(6-10-16)20(21,22)23/h2-12H,1H2,(H,25,27)(H,26,28). The van der Waals surface area contributed by atoms with Crippen molar-refractivity contribution in [3.05, 3.63) is 79.1 Å². The van der Waals surface area contributed by atoms with Gasteiger partial charge >= 0.3 is 6.18 Å². The van der Waals surface area contributed by atoms with Crippen LogP contribution in [0.1, 0.15) is 5.56 Å². The second-order valence-electron chi connectivity index (χ2n) is 5.72. The van der Waals surface area contributed by atoms with E-state index in [0.29, 0.717) is 22.9 Å². The third-order valence-electron chi connectivity index (χ3n) is 3.78. The highest BCUT2D eigenvalue weighted by Gasteiger charge is 2.29. The maximum Gasteiger partial charge on any atom is 0.416 e. The fraction of sp³-hybridized carbons (Fsp3) is 0.0500. The molecule has 0 saturated heterocycles. The van der Waals surface area contributed by atoms with E-state index in [1.807, 2.05) is 0 Å². The van der Waals surface area contributed by atoms with Crippen molar-refractivity contribution in [3.63, 3.8) is 0 Å². The number of amides is 1. The summed E-state index contributed by atoms with van der Waals surface area (Å²) in [4.78, 5) is 19.9.